The Hall–Kier alpha value is -1.74. The van der Waals surface area contributed by atoms with E-state index in [-0.39, 0.29) is 0 Å². The quantitative estimate of drug-likeness (QED) is 0.917. The predicted octanol–water partition coefficient (Wildman–Crippen LogP) is 3.29. The molecule has 0 bridgehead atoms. The van der Waals surface area contributed by atoms with Crippen LogP contribution in [-0.2, 0) is 12.0 Å². The lowest BCUT2D eigenvalue weighted by molar-refractivity contribution is 0.0529. The van der Waals surface area contributed by atoms with Gasteiger partial charge in [-0.25, -0.2) is 4.39 Å². The minimum atomic E-state index is -1.10. The number of hydrogen-bond acceptors (Lipinski definition) is 2. The topological polar surface area (TPSA) is 33.1 Å². The van der Waals surface area contributed by atoms with Crippen molar-refractivity contribution in [3.8, 4) is 0 Å². The molecule has 2 nitrogen and oxygen atoms in total. The van der Waals surface area contributed by atoms with Gasteiger partial charge in [0, 0.05) is 6.42 Å². The smallest absolute Gasteiger partial charge is 0.141 e. The first-order valence-electron chi connectivity index (χ1n) is 6.29. The summed E-state index contributed by atoms with van der Waals surface area (Å²) in [6.07, 6.45) is 1.58. The van der Waals surface area contributed by atoms with Gasteiger partial charge in [-0.05, 0) is 49.6 Å². The molecule has 0 aliphatic heterocycles. The predicted molar refractivity (Wildman–Crippen MR) is 73.4 cm³/mol. The zero-order valence-electron chi connectivity index (χ0n) is 11.4. The molecular formula is C16H18FNO. The monoisotopic (exact) mass is 259 g/mol. The fraction of sp³-hybridized carbons (Fsp3) is 0.312. The number of aliphatic hydroxyl groups is 1. The lowest BCUT2D eigenvalue weighted by atomic mass is 9.91. The summed E-state index contributed by atoms with van der Waals surface area (Å²) in [5.41, 5.74) is 2.84. The van der Waals surface area contributed by atoms with Crippen LogP contribution in [0.2, 0.25) is 0 Å². The Kier molecular flexibility index (Phi) is 3.67. The Labute approximate surface area is 112 Å². The molecule has 1 N–H and O–H groups in total. The molecule has 0 aliphatic rings. The van der Waals surface area contributed by atoms with E-state index in [2.05, 4.69) is 18.0 Å². The van der Waals surface area contributed by atoms with Crippen molar-refractivity contribution in [2.24, 2.45) is 0 Å². The SMILES string of the molecule is Cc1ccc(CC(C)(O)c2ccc(F)cn2)cc1C. The minimum absolute atomic E-state index is 0.397. The summed E-state index contributed by atoms with van der Waals surface area (Å²) in [6, 6.07) is 8.94. The number of halogens is 1. The number of aryl methyl sites for hydroxylation is 2. The minimum Gasteiger partial charge on any atom is -0.383 e. The van der Waals surface area contributed by atoms with E-state index in [1.807, 2.05) is 19.1 Å². The molecule has 0 aliphatic carbocycles. The summed E-state index contributed by atoms with van der Waals surface area (Å²) < 4.78 is 12.9. The van der Waals surface area contributed by atoms with Crippen molar-refractivity contribution in [2.45, 2.75) is 32.8 Å². The molecular weight excluding hydrogens is 241 g/mol. The van der Waals surface area contributed by atoms with E-state index in [0.717, 1.165) is 11.8 Å². The second kappa shape index (κ2) is 5.10. The molecule has 0 fully saturated rings. The van der Waals surface area contributed by atoms with Crippen LogP contribution in [0.5, 0.6) is 0 Å². The molecule has 3 heteroatoms. The van der Waals surface area contributed by atoms with Gasteiger partial charge in [-0.2, -0.15) is 0 Å². The van der Waals surface area contributed by atoms with Gasteiger partial charge < -0.3 is 5.11 Å². The van der Waals surface area contributed by atoms with E-state index in [9.17, 15) is 9.50 Å². The van der Waals surface area contributed by atoms with Gasteiger partial charge in [0.15, 0.2) is 0 Å². The van der Waals surface area contributed by atoms with Crippen molar-refractivity contribution in [3.05, 3.63) is 64.7 Å². The maximum absolute atomic E-state index is 12.9. The van der Waals surface area contributed by atoms with Crippen LogP contribution < -0.4 is 0 Å². The second-order valence-electron chi connectivity index (χ2n) is 5.23. The van der Waals surface area contributed by atoms with Crippen molar-refractivity contribution in [3.63, 3.8) is 0 Å². The number of nitrogens with zero attached hydrogens (tertiary/aromatic N) is 1. The van der Waals surface area contributed by atoms with Crippen LogP contribution in [-0.4, -0.2) is 10.1 Å². The molecule has 100 valence electrons. The average molecular weight is 259 g/mol. The van der Waals surface area contributed by atoms with Gasteiger partial charge in [-0.3, -0.25) is 4.98 Å². The van der Waals surface area contributed by atoms with E-state index in [1.165, 1.54) is 23.3 Å². The average Bonchev–Trinajstić information content (AvgIpc) is 2.34. The zero-order chi connectivity index (χ0) is 14.0. The molecule has 1 atom stereocenters. The number of hydrogen-bond donors (Lipinski definition) is 1. The fourth-order valence-electron chi connectivity index (χ4n) is 2.10. The van der Waals surface area contributed by atoms with Crippen molar-refractivity contribution in [2.75, 3.05) is 0 Å². The van der Waals surface area contributed by atoms with Gasteiger partial charge in [-0.1, -0.05) is 18.2 Å². The third-order valence-corrected chi connectivity index (χ3v) is 3.40. The van der Waals surface area contributed by atoms with Crippen molar-refractivity contribution < 1.29 is 9.50 Å². The summed E-state index contributed by atoms with van der Waals surface area (Å²) in [5.74, 6) is -0.397. The van der Waals surface area contributed by atoms with E-state index in [0.29, 0.717) is 12.1 Å². The first-order chi connectivity index (χ1) is 8.88. The van der Waals surface area contributed by atoms with Gasteiger partial charge in [0.05, 0.1) is 11.9 Å². The molecule has 19 heavy (non-hydrogen) atoms. The molecule has 1 heterocycles. The number of benzene rings is 1. The lowest BCUT2D eigenvalue weighted by Gasteiger charge is -2.23. The normalized spacial score (nSPS) is 14.2. The van der Waals surface area contributed by atoms with Gasteiger partial charge in [0.25, 0.3) is 0 Å². The number of rotatable bonds is 3. The van der Waals surface area contributed by atoms with Crippen LogP contribution in [0.15, 0.2) is 36.5 Å². The molecule has 0 amide bonds. The Morgan fingerprint density at radius 3 is 2.47 bits per heavy atom. The third kappa shape index (κ3) is 3.18. The van der Waals surface area contributed by atoms with Gasteiger partial charge in [0.2, 0.25) is 0 Å². The standard InChI is InChI=1S/C16H18FNO/c1-11-4-5-13(8-12(11)2)9-16(3,19)15-7-6-14(17)10-18-15/h4-8,10,19H,9H2,1-3H3. The Bertz CT molecular complexity index is 576. The largest absolute Gasteiger partial charge is 0.383 e. The summed E-state index contributed by atoms with van der Waals surface area (Å²) >= 11 is 0. The van der Waals surface area contributed by atoms with Crippen molar-refractivity contribution >= 4 is 0 Å². The van der Waals surface area contributed by atoms with E-state index in [4.69, 9.17) is 0 Å². The van der Waals surface area contributed by atoms with Crippen LogP contribution in [0.3, 0.4) is 0 Å². The lowest BCUT2D eigenvalue weighted by Crippen LogP contribution is -2.25. The molecule has 2 rings (SSSR count). The van der Waals surface area contributed by atoms with Crippen LogP contribution in [0.4, 0.5) is 4.39 Å². The Morgan fingerprint density at radius 1 is 1.16 bits per heavy atom. The highest BCUT2D eigenvalue weighted by Gasteiger charge is 2.25. The molecule has 0 radical (unpaired) electrons. The molecule has 1 unspecified atom stereocenters. The van der Waals surface area contributed by atoms with Crippen LogP contribution >= 0.6 is 0 Å². The number of pyridine rings is 1. The molecule has 2 aromatic rings. The first kappa shape index (κ1) is 13.7. The molecule has 1 aromatic heterocycles. The van der Waals surface area contributed by atoms with Crippen LogP contribution in [0.25, 0.3) is 0 Å². The Morgan fingerprint density at radius 2 is 1.89 bits per heavy atom. The van der Waals surface area contributed by atoms with Crippen molar-refractivity contribution in [1.82, 2.24) is 4.98 Å². The van der Waals surface area contributed by atoms with E-state index >= 15 is 0 Å². The zero-order valence-corrected chi connectivity index (χ0v) is 11.4. The summed E-state index contributed by atoms with van der Waals surface area (Å²) in [7, 11) is 0. The van der Waals surface area contributed by atoms with Gasteiger partial charge in [0.1, 0.15) is 11.4 Å². The highest BCUT2D eigenvalue weighted by molar-refractivity contribution is 5.31. The highest BCUT2D eigenvalue weighted by Crippen LogP contribution is 2.24. The highest BCUT2D eigenvalue weighted by atomic mass is 19.1. The molecule has 0 saturated heterocycles. The van der Waals surface area contributed by atoms with Crippen LogP contribution in [0.1, 0.15) is 29.3 Å². The van der Waals surface area contributed by atoms with E-state index in [1.54, 1.807) is 6.92 Å². The maximum atomic E-state index is 12.9. The van der Waals surface area contributed by atoms with Gasteiger partial charge >= 0.3 is 0 Å². The summed E-state index contributed by atoms with van der Waals surface area (Å²) in [4.78, 5) is 3.96. The fourth-order valence-corrected chi connectivity index (χ4v) is 2.10. The summed E-state index contributed by atoms with van der Waals surface area (Å²) in [5, 5.41) is 10.5. The molecule has 0 spiro atoms. The maximum Gasteiger partial charge on any atom is 0.141 e. The summed E-state index contributed by atoms with van der Waals surface area (Å²) in [6.45, 7) is 5.80. The van der Waals surface area contributed by atoms with Crippen LogP contribution in [0, 0.1) is 19.7 Å². The first-order valence-corrected chi connectivity index (χ1v) is 6.29. The van der Waals surface area contributed by atoms with Gasteiger partial charge in [-0.15, -0.1) is 0 Å². The number of aromatic nitrogens is 1. The Balaban J connectivity index is 2.25. The second-order valence-corrected chi connectivity index (χ2v) is 5.23. The molecule has 0 saturated carbocycles. The molecule has 1 aromatic carbocycles. The van der Waals surface area contributed by atoms with Crippen molar-refractivity contribution in [1.29, 1.82) is 0 Å². The van der Waals surface area contributed by atoms with E-state index < -0.39 is 11.4 Å². The third-order valence-electron chi connectivity index (χ3n) is 3.40.